The number of carbonyl (C=O) groups is 2. The Morgan fingerprint density at radius 2 is 1.89 bits per heavy atom. The number of carboxylic acid groups (broad SMARTS) is 1. The van der Waals surface area contributed by atoms with Gasteiger partial charge in [-0.25, -0.2) is 9.59 Å². The minimum atomic E-state index is -0.997. The van der Waals surface area contributed by atoms with Crippen LogP contribution >= 0.6 is 0 Å². The molecule has 0 aromatic heterocycles. The van der Waals surface area contributed by atoms with Gasteiger partial charge in [-0.05, 0) is 56.4 Å². The van der Waals surface area contributed by atoms with Gasteiger partial charge in [0.2, 0.25) is 0 Å². The van der Waals surface area contributed by atoms with Crippen LogP contribution < -0.4 is 10.1 Å². The van der Waals surface area contributed by atoms with Crippen LogP contribution in [0.5, 0.6) is 5.75 Å². The molecule has 2 aromatic carbocycles. The number of ether oxygens (including phenoxy) is 2. The molecular weight excluding hydrogens is 478 g/mol. The van der Waals surface area contributed by atoms with Crippen molar-refractivity contribution in [3.05, 3.63) is 63.7 Å². The zero-order chi connectivity index (χ0) is 26.8. The summed E-state index contributed by atoms with van der Waals surface area (Å²) in [4.78, 5) is 36.9. The lowest BCUT2D eigenvalue weighted by Gasteiger charge is -2.26. The number of carbonyl (C=O) groups excluding carboxylic acids is 1. The van der Waals surface area contributed by atoms with Crippen LogP contribution in [-0.4, -0.2) is 59.3 Å². The van der Waals surface area contributed by atoms with E-state index < -0.39 is 17.0 Å². The summed E-state index contributed by atoms with van der Waals surface area (Å²) in [6.45, 7) is 4.95. The van der Waals surface area contributed by atoms with Gasteiger partial charge in [-0.3, -0.25) is 10.1 Å². The number of rotatable bonds is 13. The monoisotopic (exact) mass is 513 g/mol. The minimum Gasteiger partial charge on any atom is -0.492 e. The number of hydrogen-bond donors (Lipinski definition) is 2. The Kier molecular flexibility index (Phi) is 10.3. The average molecular weight is 514 g/mol. The Morgan fingerprint density at radius 1 is 1.19 bits per heavy atom. The molecule has 1 aliphatic rings. The van der Waals surface area contributed by atoms with Crippen LogP contribution in [0.25, 0.3) is 0 Å². The fourth-order valence-electron chi connectivity index (χ4n) is 4.49. The molecule has 0 bridgehead atoms. The van der Waals surface area contributed by atoms with E-state index in [4.69, 9.17) is 9.47 Å². The molecule has 37 heavy (non-hydrogen) atoms. The zero-order valence-electron chi connectivity index (χ0n) is 21.4. The molecule has 1 unspecified atom stereocenters. The second-order valence-corrected chi connectivity index (χ2v) is 9.26. The summed E-state index contributed by atoms with van der Waals surface area (Å²) >= 11 is 0. The van der Waals surface area contributed by atoms with Crippen molar-refractivity contribution in [1.82, 2.24) is 4.90 Å². The molecule has 0 aliphatic heterocycles. The summed E-state index contributed by atoms with van der Waals surface area (Å²) in [5, 5.41) is 23.3. The topological polar surface area (TPSA) is 131 Å². The van der Waals surface area contributed by atoms with Gasteiger partial charge in [-0.1, -0.05) is 31.0 Å². The van der Waals surface area contributed by atoms with Gasteiger partial charge in [0.15, 0.2) is 6.10 Å². The molecule has 1 aliphatic carbocycles. The third-order valence-corrected chi connectivity index (χ3v) is 6.52. The fraction of sp³-hybridized carbons (Fsp3) is 0.481. The summed E-state index contributed by atoms with van der Waals surface area (Å²) in [6, 6.07) is 11.5. The number of carboxylic acids is 1. The summed E-state index contributed by atoms with van der Waals surface area (Å²) < 4.78 is 11.1. The lowest BCUT2D eigenvalue weighted by Crippen LogP contribution is -2.40. The van der Waals surface area contributed by atoms with Crippen molar-refractivity contribution in [1.29, 1.82) is 0 Å². The second-order valence-electron chi connectivity index (χ2n) is 9.26. The van der Waals surface area contributed by atoms with Crippen LogP contribution in [0.4, 0.5) is 16.2 Å². The van der Waals surface area contributed by atoms with E-state index in [-0.39, 0.29) is 24.7 Å². The van der Waals surface area contributed by atoms with Gasteiger partial charge in [0.25, 0.3) is 5.69 Å². The highest BCUT2D eigenvalue weighted by atomic mass is 16.6. The van der Waals surface area contributed by atoms with Crippen LogP contribution in [0.1, 0.15) is 43.7 Å². The van der Waals surface area contributed by atoms with Crippen LogP contribution in [-0.2, 0) is 16.0 Å². The lowest BCUT2D eigenvalue weighted by atomic mass is 10.1. The number of amides is 2. The Hall–Kier alpha value is -3.66. The predicted octanol–water partition coefficient (Wildman–Crippen LogP) is 5.04. The molecular formula is C27H35N3O7. The molecule has 0 heterocycles. The van der Waals surface area contributed by atoms with Crippen molar-refractivity contribution >= 4 is 23.4 Å². The molecule has 0 radical (unpaired) electrons. The third kappa shape index (κ3) is 8.45. The van der Waals surface area contributed by atoms with Crippen LogP contribution in [0.15, 0.2) is 42.5 Å². The largest absolute Gasteiger partial charge is 0.492 e. The van der Waals surface area contributed by atoms with Crippen LogP contribution in [0.3, 0.4) is 0 Å². The normalized spacial score (nSPS) is 14.2. The summed E-state index contributed by atoms with van der Waals surface area (Å²) in [7, 11) is 0. The first-order valence-corrected chi connectivity index (χ1v) is 12.6. The zero-order valence-corrected chi connectivity index (χ0v) is 21.4. The predicted molar refractivity (Wildman–Crippen MR) is 139 cm³/mol. The molecule has 1 atom stereocenters. The molecule has 2 aromatic rings. The van der Waals surface area contributed by atoms with Gasteiger partial charge in [-0.15, -0.1) is 0 Å². The number of anilines is 1. The maximum atomic E-state index is 13.1. The highest BCUT2D eigenvalue weighted by Gasteiger charge is 2.23. The smallest absolute Gasteiger partial charge is 0.333 e. The molecule has 2 N–H and O–H groups in total. The van der Waals surface area contributed by atoms with E-state index in [0.29, 0.717) is 42.6 Å². The summed E-state index contributed by atoms with van der Waals surface area (Å²) in [5.41, 5.74) is 1.69. The van der Waals surface area contributed by atoms with Gasteiger partial charge in [0, 0.05) is 36.9 Å². The number of aliphatic carboxylic acids is 1. The van der Waals surface area contributed by atoms with E-state index in [2.05, 4.69) is 5.32 Å². The first kappa shape index (κ1) is 27.9. The number of nitro groups is 1. The average Bonchev–Trinajstić information content (AvgIpc) is 3.38. The van der Waals surface area contributed by atoms with Crippen molar-refractivity contribution in [2.24, 2.45) is 5.92 Å². The van der Waals surface area contributed by atoms with E-state index in [0.717, 1.165) is 31.2 Å². The van der Waals surface area contributed by atoms with Crippen molar-refractivity contribution in [3.8, 4) is 5.75 Å². The molecule has 200 valence electrons. The summed E-state index contributed by atoms with van der Waals surface area (Å²) in [5.74, 6) is 0.0374. The van der Waals surface area contributed by atoms with Gasteiger partial charge in [0.05, 0.1) is 11.5 Å². The summed E-state index contributed by atoms with van der Waals surface area (Å²) in [6.07, 6.45) is 3.81. The Labute approximate surface area is 216 Å². The minimum absolute atomic E-state index is 0.0390. The van der Waals surface area contributed by atoms with E-state index >= 15 is 0 Å². The molecule has 10 nitrogen and oxygen atoms in total. The highest BCUT2D eigenvalue weighted by molar-refractivity contribution is 5.89. The highest BCUT2D eigenvalue weighted by Crippen LogP contribution is 2.26. The molecule has 0 saturated heterocycles. The van der Waals surface area contributed by atoms with Crippen LogP contribution in [0.2, 0.25) is 0 Å². The van der Waals surface area contributed by atoms with E-state index in [1.807, 2.05) is 0 Å². The number of nitrogens with zero attached hydrogens (tertiary/aromatic N) is 2. The van der Waals surface area contributed by atoms with Gasteiger partial charge >= 0.3 is 12.0 Å². The molecule has 0 spiro atoms. The number of hydrogen-bond acceptors (Lipinski definition) is 6. The SMILES string of the molecule is CCOC(Cc1ccc(OCCN(CC2CCCC2)C(=O)Nc2ccc(C)c([N+](=O)[O-])c2)cc1)C(=O)O. The quantitative estimate of drug-likeness (QED) is 0.283. The van der Waals surface area contributed by atoms with Crippen molar-refractivity contribution in [2.45, 2.75) is 52.1 Å². The molecule has 1 fully saturated rings. The number of aryl methyl sites for hydroxylation is 1. The van der Waals surface area contributed by atoms with E-state index in [1.54, 1.807) is 55.1 Å². The van der Waals surface area contributed by atoms with E-state index in [1.165, 1.54) is 6.07 Å². The number of urea groups is 1. The fourth-order valence-corrected chi connectivity index (χ4v) is 4.49. The first-order valence-electron chi connectivity index (χ1n) is 12.6. The Balaban J connectivity index is 1.59. The molecule has 1 saturated carbocycles. The molecule has 10 heteroatoms. The second kappa shape index (κ2) is 13.6. The van der Waals surface area contributed by atoms with Crippen molar-refractivity contribution in [3.63, 3.8) is 0 Å². The number of nitro benzene ring substituents is 1. The van der Waals surface area contributed by atoms with Gasteiger partial charge < -0.3 is 24.8 Å². The third-order valence-electron chi connectivity index (χ3n) is 6.52. The standard InChI is InChI=1S/C27H35N3O7/c1-3-36-25(26(31)32)16-20-9-12-23(13-10-20)37-15-14-29(18-21-6-4-5-7-21)27(33)28-22-11-8-19(2)24(17-22)30(34)35/h8-13,17,21,25H,3-7,14-16,18H2,1-2H3,(H,28,33)(H,31,32). The van der Waals surface area contributed by atoms with Crippen LogP contribution in [0, 0.1) is 23.0 Å². The molecule has 2 amide bonds. The maximum absolute atomic E-state index is 13.1. The number of nitrogens with one attached hydrogen (secondary N) is 1. The first-order chi connectivity index (χ1) is 17.8. The molecule has 3 rings (SSSR count). The van der Waals surface area contributed by atoms with Gasteiger partial charge in [0.1, 0.15) is 12.4 Å². The van der Waals surface area contributed by atoms with E-state index in [9.17, 15) is 24.8 Å². The Morgan fingerprint density at radius 3 is 2.51 bits per heavy atom. The maximum Gasteiger partial charge on any atom is 0.333 e. The van der Waals surface area contributed by atoms with Crippen molar-refractivity contribution < 1.29 is 29.1 Å². The Bertz CT molecular complexity index is 1070. The van der Waals surface area contributed by atoms with Gasteiger partial charge in [-0.2, -0.15) is 0 Å². The number of benzene rings is 2. The lowest BCUT2D eigenvalue weighted by molar-refractivity contribution is -0.385. The van der Waals surface area contributed by atoms with Crippen molar-refractivity contribution in [2.75, 3.05) is 31.6 Å².